The third-order valence-corrected chi connectivity index (χ3v) is 6.24. The van der Waals surface area contributed by atoms with Gasteiger partial charge in [0, 0.05) is 6.54 Å². The monoisotopic (exact) mass is 423 g/mol. The van der Waals surface area contributed by atoms with Gasteiger partial charge in [0.25, 0.3) is 0 Å². The first-order chi connectivity index (χ1) is 13.7. The molecule has 0 aliphatic carbocycles. The molecule has 4 nitrogen and oxygen atoms in total. The normalized spacial score (nSPS) is 16.7. The van der Waals surface area contributed by atoms with Crippen LogP contribution in [0.1, 0.15) is 80.1 Å². The van der Waals surface area contributed by atoms with E-state index in [4.69, 9.17) is 4.89 Å². The molecule has 0 spiro atoms. The molecule has 0 aromatic carbocycles. The molecule has 0 radical (unpaired) electrons. The van der Waals surface area contributed by atoms with Crippen LogP contribution in [0.5, 0.6) is 0 Å². The highest BCUT2D eigenvalue weighted by Crippen LogP contribution is 2.25. The molecular weight excluding hydrogens is 381 g/mol. The van der Waals surface area contributed by atoms with E-state index in [0.29, 0.717) is 18.9 Å². The van der Waals surface area contributed by atoms with Gasteiger partial charge in [-0.1, -0.05) is 60.9 Å². The summed E-state index contributed by atoms with van der Waals surface area (Å²) in [6, 6.07) is 0. The Morgan fingerprint density at radius 3 is 2.10 bits per heavy atom. The van der Waals surface area contributed by atoms with E-state index in [-0.39, 0.29) is 5.91 Å². The third-order valence-electron chi connectivity index (χ3n) is 4.98. The average Bonchev–Trinajstić information content (AvgIpc) is 2.62. The summed E-state index contributed by atoms with van der Waals surface area (Å²) in [5.41, 5.74) is 3.31. The number of hydrogen-bond donors (Lipinski definition) is 2. The van der Waals surface area contributed by atoms with Crippen molar-refractivity contribution in [3.05, 3.63) is 47.1 Å². The van der Waals surface area contributed by atoms with E-state index in [0.717, 1.165) is 32.1 Å². The summed E-state index contributed by atoms with van der Waals surface area (Å²) >= 11 is 0. The first-order valence-corrected chi connectivity index (χ1v) is 12.2. The summed E-state index contributed by atoms with van der Waals surface area (Å²) in [5.74, 6) is 0.273. The Bertz CT molecular complexity index is 632. The predicted molar refractivity (Wildman–Crippen MR) is 127 cm³/mol. The van der Waals surface area contributed by atoms with Crippen molar-refractivity contribution < 1.29 is 14.3 Å². The van der Waals surface area contributed by atoms with Crippen LogP contribution in [-0.4, -0.2) is 23.0 Å². The first kappa shape index (κ1) is 27.6. The van der Waals surface area contributed by atoms with E-state index in [9.17, 15) is 9.36 Å². The second kappa shape index (κ2) is 16.4. The van der Waals surface area contributed by atoms with Crippen LogP contribution in [0.4, 0.5) is 0 Å². The highest BCUT2D eigenvalue weighted by Gasteiger charge is 2.20. The lowest BCUT2D eigenvalue weighted by molar-refractivity contribution is -0.120. The molecule has 3 unspecified atom stereocenters. The zero-order valence-corrected chi connectivity index (χ0v) is 20.3. The largest absolute Gasteiger partial charge is 0.352 e. The van der Waals surface area contributed by atoms with Gasteiger partial charge in [0.05, 0.1) is 0 Å². The molecule has 0 aliphatic rings. The Morgan fingerprint density at radius 1 is 1.03 bits per heavy atom. The molecule has 166 valence electrons. The van der Waals surface area contributed by atoms with Gasteiger partial charge in [0.2, 0.25) is 13.9 Å². The smallest absolute Gasteiger partial charge is 0.232 e. The zero-order chi connectivity index (χ0) is 22.2. The molecule has 29 heavy (non-hydrogen) atoms. The molecule has 0 saturated heterocycles. The lowest BCUT2D eigenvalue weighted by Gasteiger charge is -2.10. The number of carbonyl (C=O) groups is 1. The van der Waals surface area contributed by atoms with Crippen LogP contribution in [0.3, 0.4) is 0 Å². The molecule has 0 fully saturated rings. The lowest BCUT2D eigenvalue weighted by atomic mass is 10.00. The molecule has 5 heteroatoms. The van der Waals surface area contributed by atoms with E-state index in [2.05, 4.69) is 64.2 Å². The van der Waals surface area contributed by atoms with Crippen molar-refractivity contribution in [2.75, 3.05) is 6.54 Å². The van der Waals surface area contributed by atoms with Gasteiger partial charge in [0.15, 0.2) is 0 Å². The van der Waals surface area contributed by atoms with Gasteiger partial charge in [-0.05, 0) is 72.1 Å². The Balaban J connectivity index is 4.21. The van der Waals surface area contributed by atoms with Gasteiger partial charge in [-0.3, -0.25) is 9.36 Å². The van der Waals surface area contributed by atoms with Crippen LogP contribution in [0, 0.1) is 5.92 Å². The van der Waals surface area contributed by atoms with Crippen molar-refractivity contribution in [3.63, 3.8) is 0 Å². The minimum Gasteiger partial charge on any atom is -0.352 e. The van der Waals surface area contributed by atoms with Crippen molar-refractivity contribution in [2.45, 2.75) is 85.7 Å². The average molecular weight is 424 g/mol. The van der Waals surface area contributed by atoms with Gasteiger partial charge in [-0.25, -0.2) is 0 Å². The van der Waals surface area contributed by atoms with E-state index < -0.39 is 13.7 Å². The molecule has 2 N–H and O–H groups in total. The molecular formula is C24H42NO3P. The molecule has 1 amide bonds. The number of amides is 1. The zero-order valence-electron chi connectivity index (χ0n) is 19.3. The van der Waals surface area contributed by atoms with Crippen LogP contribution in [-0.2, 0) is 9.36 Å². The number of rotatable bonds is 14. The number of nitrogens with one attached hydrogen (secondary N) is 1. The highest BCUT2D eigenvalue weighted by atomic mass is 31.1. The maximum absolute atomic E-state index is 11.8. The van der Waals surface area contributed by atoms with E-state index in [1.165, 1.54) is 16.7 Å². The van der Waals surface area contributed by atoms with Gasteiger partial charge < -0.3 is 10.2 Å². The quantitative estimate of drug-likeness (QED) is 0.253. The maximum atomic E-state index is 11.8. The number of allylic oxidation sites excluding steroid dienone is 7. The fourth-order valence-electron chi connectivity index (χ4n) is 3.21. The Labute approximate surface area is 179 Å². The molecule has 0 aliphatic heterocycles. The van der Waals surface area contributed by atoms with Crippen molar-refractivity contribution in [1.29, 1.82) is 0 Å². The summed E-state index contributed by atoms with van der Waals surface area (Å²) in [6.45, 7) is 12.9. The van der Waals surface area contributed by atoms with Gasteiger partial charge in [-0.15, -0.1) is 0 Å². The fourth-order valence-corrected chi connectivity index (χ4v) is 3.88. The fraction of sp³-hybridized carbons (Fsp3) is 0.625. The number of carbonyl (C=O) groups excluding carboxylic acids is 1. The second-order valence-corrected chi connectivity index (χ2v) is 9.35. The molecule has 0 heterocycles. The standard InChI is InChI=1S/C24H42NO3P/c1-7-11-21(5)18-22(6)15-10-13-19(3)12-9-14-20(4)16-17-25-24(26)23(8-2)29(27)28/h7,11-12,15-16,21,23,29H,8-10,13-14,17-18H2,1-6H3,(H,25,26)(H,27,28)/b11-7+,19-12+,20-16+,22-15+. The van der Waals surface area contributed by atoms with Crippen LogP contribution < -0.4 is 5.32 Å². The summed E-state index contributed by atoms with van der Waals surface area (Å²) in [7, 11) is -2.82. The van der Waals surface area contributed by atoms with Crippen LogP contribution in [0.15, 0.2) is 47.1 Å². The number of hydrogen-bond acceptors (Lipinski definition) is 2. The van der Waals surface area contributed by atoms with Crippen LogP contribution in [0.25, 0.3) is 0 Å². The molecule has 0 saturated carbocycles. The first-order valence-electron chi connectivity index (χ1n) is 10.8. The van der Waals surface area contributed by atoms with E-state index in [1.54, 1.807) is 6.92 Å². The topological polar surface area (TPSA) is 66.4 Å². The highest BCUT2D eigenvalue weighted by molar-refractivity contribution is 7.40. The molecule has 0 aromatic rings. The predicted octanol–water partition coefficient (Wildman–Crippen LogP) is 6.35. The summed E-state index contributed by atoms with van der Waals surface area (Å²) in [4.78, 5) is 21.0. The minimum atomic E-state index is -2.82. The minimum absolute atomic E-state index is 0.331. The van der Waals surface area contributed by atoms with Crippen LogP contribution >= 0.6 is 8.03 Å². The SMILES string of the molecule is C/C=C/C(C)C/C(C)=C/CC/C(C)=C/CC/C(C)=C/CNC(=O)C(CC)[PH](=O)O. The molecule has 3 atom stereocenters. The second-order valence-electron chi connectivity index (χ2n) is 7.98. The molecule has 0 bridgehead atoms. The lowest BCUT2D eigenvalue weighted by Crippen LogP contribution is -2.32. The van der Waals surface area contributed by atoms with Crippen molar-refractivity contribution in [3.8, 4) is 0 Å². The summed E-state index contributed by atoms with van der Waals surface area (Å²) in [5, 5.41) is 2.73. The van der Waals surface area contributed by atoms with Gasteiger partial charge in [-0.2, -0.15) is 0 Å². The summed E-state index contributed by atoms with van der Waals surface area (Å²) < 4.78 is 11.2. The maximum Gasteiger partial charge on any atom is 0.232 e. The molecule has 0 rings (SSSR count). The Morgan fingerprint density at radius 2 is 1.59 bits per heavy atom. The van der Waals surface area contributed by atoms with Crippen LogP contribution in [0.2, 0.25) is 0 Å². The molecule has 0 aromatic heterocycles. The van der Waals surface area contributed by atoms with Gasteiger partial charge in [0.1, 0.15) is 5.66 Å². The third kappa shape index (κ3) is 14.3. The Hall–Kier alpha value is -1.38. The van der Waals surface area contributed by atoms with E-state index >= 15 is 0 Å². The summed E-state index contributed by atoms with van der Waals surface area (Å²) in [6.07, 6.45) is 16.6. The van der Waals surface area contributed by atoms with Crippen molar-refractivity contribution in [1.82, 2.24) is 5.32 Å². The van der Waals surface area contributed by atoms with Gasteiger partial charge >= 0.3 is 0 Å². The Kier molecular flexibility index (Phi) is 15.6. The van der Waals surface area contributed by atoms with E-state index in [1.807, 2.05) is 6.08 Å². The van der Waals surface area contributed by atoms with Crippen molar-refractivity contribution in [2.24, 2.45) is 5.92 Å². The van der Waals surface area contributed by atoms with Crippen molar-refractivity contribution >= 4 is 13.9 Å².